The molecule has 1 amide bonds. The lowest BCUT2D eigenvalue weighted by Gasteiger charge is -2.38. The van der Waals surface area contributed by atoms with Crippen LogP contribution in [0.4, 0.5) is 0 Å². The number of likely N-dealkylation sites (tertiary alicyclic amines) is 1. The van der Waals surface area contributed by atoms with Crippen LogP contribution in [0.25, 0.3) is 0 Å². The van der Waals surface area contributed by atoms with Crippen molar-refractivity contribution in [1.82, 2.24) is 4.90 Å². The highest BCUT2D eigenvalue weighted by molar-refractivity contribution is 7.99. The summed E-state index contributed by atoms with van der Waals surface area (Å²) in [6.45, 7) is 12.7. The highest BCUT2D eigenvalue weighted by Gasteiger charge is 2.39. The fourth-order valence-corrected chi connectivity index (χ4v) is 4.37. The maximum Gasteiger partial charge on any atom is 0.315 e. The smallest absolute Gasteiger partial charge is 0.315 e. The van der Waals surface area contributed by atoms with Gasteiger partial charge in [-0.2, -0.15) is 11.8 Å². The van der Waals surface area contributed by atoms with Crippen LogP contribution in [0.1, 0.15) is 46.5 Å². The van der Waals surface area contributed by atoms with E-state index in [-0.39, 0.29) is 23.0 Å². The summed E-state index contributed by atoms with van der Waals surface area (Å²) >= 11 is 1.59. The predicted octanol–water partition coefficient (Wildman–Crippen LogP) is 3.69. The lowest BCUT2D eigenvalue weighted by atomic mass is 10.2. The third kappa shape index (κ3) is 7.31. The molecular weight excluding hydrogens is 354 g/mol. The Morgan fingerprint density at radius 3 is 2.60 bits per heavy atom. The van der Waals surface area contributed by atoms with Crippen molar-refractivity contribution in [2.45, 2.75) is 70.6 Å². The van der Waals surface area contributed by atoms with Crippen LogP contribution in [0.15, 0.2) is 0 Å². The Morgan fingerprint density at radius 1 is 1.32 bits per heavy atom. The number of hydrogen-bond donors (Lipinski definition) is 0. The Hall–Kier alpha value is -0.533. The summed E-state index contributed by atoms with van der Waals surface area (Å²) in [4.78, 5) is 25.2. The number of methoxy groups -OCH3 is 1. The molecule has 0 unspecified atom stereocenters. The number of carbonyl (C=O) groups is 2. The van der Waals surface area contributed by atoms with E-state index in [1.165, 1.54) is 7.11 Å². The molecule has 0 aromatic carbocycles. The molecular formula is C18H35NO4SSi. The van der Waals surface area contributed by atoms with Crippen LogP contribution in [0.5, 0.6) is 0 Å². The summed E-state index contributed by atoms with van der Waals surface area (Å²) in [5.41, 5.74) is 0. The average Bonchev–Trinajstić information content (AvgIpc) is 2.87. The number of amides is 1. The SMILES string of the molecule is COC(=O)CSCCCCN1C(=O)CC[C@@H]1CO[Si](C)(C)C(C)(C)C. The Labute approximate surface area is 158 Å². The van der Waals surface area contributed by atoms with Gasteiger partial charge in [-0.05, 0) is 43.1 Å². The second-order valence-corrected chi connectivity index (χ2v) is 14.1. The summed E-state index contributed by atoms with van der Waals surface area (Å²) in [6, 6.07) is 0.226. The van der Waals surface area contributed by atoms with Crippen LogP contribution in [0.2, 0.25) is 18.1 Å². The third-order valence-corrected chi connectivity index (χ3v) is 10.8. The van der Waals surface area contributed by atoms with Crippen LogP contribution >= 0.6 is 11.8 Å². The van der Waals surface area contributed by atoms with E-state index < -0.39 is 8.32 Å². The molecule has 1 heterocycles. The number of rotatable bonds is 10. The van der Waals surface area contributed by atoms with Crippen molar-refractivity contribution >= 4 is 32.0 Å². The summed E-state index contributed by atoms with van der Waals surface area (Å²) < 4.78 is 11.0. The summed E-state index contributed by atoms with van der Waals surface area (Å²) in [7, 11) is -0.362. The lowest BCUT2D eigenvalue weighted by Crippen LogP contribution is -2.45. The van der Waals surface area contributed by atoms with Crippen molar-refractivity contribution < 1.29 is 18.8 Å². The van der Waals surface area contributed by atoms with Gasteiger partial charge >= 0.3 is 5.97 Å². The molecule has 5 nitrogen and oxygen atoms in total. The molecule has 0 aromatic rings. The molecule has 0 bridgehead atoms. The van der Waals surface area contributed by atoms with Gasteiger partial charge in [0.1, 0.15) is 0 Å². The molecule has 1 atom stereocenters. The van der Waals surface area contributed by atoms with Crippen LogP contribution in [-0.2, 0) is 18.8 Å². The van der Waals surface area contributed by atoms with Gasteiger partial charge in [-0.15, -0.1) is 0 Å². The minimum atomic E-state index is -1.77. The maximum absolute atomic E-state index is 12.2. The molecule has 7 heteroatoms. The fourth-order valence-electron chi connectivity index (χ4n) is 2.50. The topological polar surface area (TPSA) is 55.8 Å². The van der Waals surface area contributed by atoms with Crippen LogP contribution in [0, 0.1) is 0 Å². The number of nitrogens with zero attached hydrogens (tertiary/aromatic N) is 1. The number of thioether (sulfide) groups is 1. The number of hydrogen-bond acceptors (Lipinski definition) is 5. The van der Waals surface area contributed by atoms with E-state index >= 15 is 0 Å². The molecule has 1 fully saturated rings. The van der Waals surface area contributed by atoms with E-state index in [9.17, 15) is 9.59 Å². The zero-order valence-electron chi connectivity index (χ0n) is 16.7. The normalized spacial score (nSPS) is 18.7. The Balaban J connectivity index is 2.34. The van der Waals surface area contributed by atoms with Crippen molar-refractivity contribution in [3.05, 3.63) is 0 Å². The van der Waals surface area contributed by atoms with Crippen LogP contribution in [-0.4, -0.2) is 62.9 Å². The first-order valence-electron chi connectivity index (χ1n) is 9.16. The van der Waals surface area contributed by atoms with Gasteiger partial charge in [-0.1, -0.05) is 20.8 Å². The van der Waals surface area contributed by atoms with Gasteiger partial charge in [0.05, 0.1) is 25.5 Å². The van der Waals surface area contributed by atoms with E-state index in [0.29, 0.717) is 18.8 Å². The number of carbonyl (C=O) groups excluding carboxylic acids is 2. The molecule has 146 valence electrons. The van der Waals surface area contributed by atoms with Crippen molar-refractivity contribution in [2.24, 2.45) is 0 Å². The molecule has 0 spiro atoms. The molecule has 1 saturated heterocycles. The summed E-state index contributed by atoms with van der Waals surface area (Å²) in [6.07, 6.45) is 3.52. The molecule has 1 aliphatic rings. The highest BCUT2D eigenvalue weighted by Crippen LogP contribution is 2.37. The first-order valence-corrected chi connectivity index (χ1v) is 13.2. The van der Waals surface area contributed by atoms with E-state index in [2.05, 4.69) is 38.6 Å². The largest absolute Gasteiger partial charge is 0.468 e. The van der Waals surface area contributed by atoms with Crippen LogP contribution < -0.4 is 0 Å². The first kappa shape index (κ1) is 22.5. The molecule has 0 aliphatic carbocycles. The minimum Gasteiger partial charge on any atom is -0.468 e. The van der Waals surface area contributed by atoms with Gasteiger partial charge < -0.3 is 14.1 Å². The molecule has 0 aromatic heterocycles. The quantitative estimate of drug-likeness (QED) is 0.324. The summed E-state index contributed by atoms with van der Waals surface area (Å²) in [5, 5.41) is 0.192. The number of ether oxygens (including phenoxy) is 1. The fraction of sp³-hybridized carbons (Fsp3) is 0.889. The molecule has 0 saturated carbocycles. The minimum absolute atomic E-state index is 0.178. The van der Waals surface area contributed by atoms with Gasteiger partial charge in [0.2, 0.25) is 5.91 Å². The van der Waals surface area contributed by atoms with Gasteiger partial charge in [-0.3, -0.25) is 9.59 Å². The van der Waals surface area contributed by atoms with Crippen LogP contribution in [0.3, 0.4) is 0 Å². The summed E-state index contributed by atoms with van der Waals surface area (Å²) in [5.74, 6) is 1.40. The predicted molar refractivity (Wildman–Crippen MR) is 106 cm³/mol. The number of esters is 1. The zero-order valence-corrected chi connectivity index (χ0v) is 18.5. The number of unbranched alkanes of at least 4 members (excludes halogenated alkanes) is 1. The van der Waals surface area contributed by atoms with Gasteiger partial charge in [0.25, 0.3) is 0 Å². The highest BCUT2D eigenvalue weighted by atomic mass is 32.2. The van der Waals surface area contributed by atoms with E-state index in [1.54, 1.807) is 11.8 Å². The molecule has 0 radical (unpaired) electrons. The van der Waals surface area contributed by atoms with Gasteiger partial charge in [-0.25, -0.2) is 0 Å². The van der Waals surface area contributed by atoms with Crippen molar-refractivity contribution in [1.29, 1.82) is 0 Å². The molecule has 1 rings (SSSR count). The maximum atomic E-state index is 12.2. The monoisotopic (exact) mass is 389 g/mol. The van der Waals surface area contributed by atoms with E-state index in [4.69, 9.17) is 4.43 Å². The average molecular weight is 390 g/mol. The molecule has 1 aliphatic heterocycles. The van der Waals surface area contributed by atoms with Crippen molar-refractivity contribution in [3.63, 3.8) is 0 Å². The van der Waals surface area contributed by atoms with E-state index in [1.807, 2.05) is 4.90 Å². The van der Waals surface area contributed by atoms with Crippen molar-refractivity contribution in [3.8, 4) is 0 Å². The Bertz CT molecular complexity index is 451. The second kappa shape index (κ2) is 9.97. The van der Waals surface area contributed by atoms with Crippen molar-refractivity contribution in [2.75, 3.05) is 31.8 Å². The molecule has 0 N–H and O–H groups in total. The Morgan fingerprint density at radius 2 is 2.00 bits per heavy atom. The second-order valence-electron chi connectivity index (χ2n) is 8.19. The standard InChI is InChI=1S/C18H35NO4SSi/c1-18(2,3)25(5,6)23-13-15-9-10-16(20)19(15)11-7-8-12-24-14-17(21)22-4/h15H,7-14H2,1-6H3/t15-/m1/s1. The lowest BCUT2D eigenvalue weighted by molar-refractivity contribution is -0.137. The van der Waals surface area contributed by atoms with Gasteiger partial charge in [0.15, 0.2) is 8.32 Å². The molecule has 25 heavy (non-hydrogen) atoms. The first-order chi connectivity index (χ1) is 11.6. The van der Waals surface area contributed by atoms with E-state index in [0.717, 1.165) is 31.6 Å². The van der Waals surface area contributed by atoms with Gasteiger partial charge in [0, 0.05) is 13.0 Å². The zero-order chi connectivity index (χ0) is 19.1. The third-order valence-electron chi connectivity index (χ3n) is 5.28. The Kier molecular flexibility index (Phi) is 8.98.